The average Bonchev–Trinajstić information content (AvgIpc) is 2.34. The minimum absolute atomic E-state index is 0. The Balaban J connectivity index is -0.0000000516. The molecule has 22 heavy (non-hydrogen) atoms. The Morgan fingerprint density at radius 1 is 0.682 bits per heavy atom. The first-order chi connectivity index (χ1) is 8.77. The molecule has 0 aromatic heterocycles. The Labute approximate surface area is 216 Å². The quantitative estimate of drug-likeness (QED) is 0.277. The number of carboxylic acids is 1. The normalized spacial score (nSPS) is 8.77. The molecule has 0 fully saturated rings. The van der Waals surface area contributed by atoms with Crippen LogP contribution in [0.5, 0.6) is 0 Å². The molecule has 132 valence electrons. The molecule has 0 amide bonds. The minimum Gasteiger partial charge on any atom is -1.00 e. The Bertz CT molecular complexity index is 213. The molecule has 0 spiro atoms. The number of unbranched alkanes of at least 4 members (excludes halogenated alkanes) is 12. The molecule has 0 aliphatic heterocycles. The molecule has 0 saturated heterocycles. The van der Waals surface area contributed by atoms with Gasteiger partial charge in [0.2, 0.25) is 0 Å². The van der Waals surface area contributed by atoms with Crippen LogP contribution < -0.4 is 0 Å². The summed E-state index contributed by atoms with van der Waals surface area (Å²) in [5.41, 5.74) is 0. The van der Waals surface area contributed by atoms with Gasteiger partial charge >= 0.3 is 81.4 Å². The smallest absolute Gasteiger partial charge is 1.00 e. The zero-order chi connectivity index (χ0) is 13.5. The second-order valence-electron chi connectivity index (χ2n) is 5.39. The van der Waals surface area contributed by atoms with Gasteiger partial charge in [0.15, 0.2) is 0 Å². The van der Waals surface area contributed by atoms with E-state index in [0.29, 0.717) is 6.42 Å². The van der Waals surface area contributed by atoms with Crippen LogP contribution in [0.2, 0.25) is 0 Å². The first kappa shape index (κ1) is 35.6. The van der Waals surface area contributed by atoms with Crippen LogP contribution in [0.1, 0.15) is 103 Å². The van der Waals surface area contributed by atoms with Crippen LogP contribution in [-0.4, -0.2) is 86.6 Å². The summed E-state index contributed by atoms with van der Waals surface area (Å²) in [4.78, 5) is 10.3. The van der Waals surface area contributed by atoms with Gasteiger partial charge in [0.1, 0.15) is 0 Å². The summed E-state index contributed by atoms with van der Waals surface area (Å²) in [6, 6.07) is 0. The van der Waals surface area contributed by atoms with E-state index in [4.69, 9.17) is 5.11 Å². The molecule has 2 nitrogen and oxygen atoms in total. The Kier molecular flexibility index (Phi) is 50.8. The maximum absolute atomic E-state index is 10.3. The van der Waals surface area contributed by atoms with Crippen molar-refractivity contribution in [2.75, 3.05) is 0 Å². The molecule has 0 aliphatic carbocycles. The van der Waals surface area contributed by atoms with Gasteiger partial charge < -0.3 is 10.8 Å². The Morgan fingerprint density at radius 3 is 1.23 bits per heavy atom. The molecular formula is C16H38Ca2Cl2O2. The van der Waals surface area contributed by atoms with Crippen LogP contribution in [0.15, 0.2) is 0 Å². The largest absolute Gasteiger partial charge is 2.00 e. The van der Waals surface area contributed by atoms with Crippen molar-refractivity contribution in [1.82, 2.24) is 0 Å². The monoisotopic (exact) mass is 412 g/mol. The van der Waals surface area contributed by atoms with Gasteiger partial charge in [0, 0.05) is 6.42 Å². The third kappa shape index (κ3) is 34.0. The first-order valence-corrected chi connectivity index (χ1v) is 7.99. The topological polar surface area (TPSA) is 37.3 Å². The molecule has 0 aromatic rings. The maximum Gasteiger partial charge on any atom is 2.00 e. The van der Waals surface area contributed by atoms with Crippen LogP contribution >= 0.6 is 24.8 Å². The molecule has 0 aliphatic rings. The van der Waals surface area contributed by atoms with Crippen molar-refractivity contribution in [3.05, 3.63) is 0 Å². The van der Waals surface area contributed by atoms with E-state index < -0.39 is 5.97 Å². The standard InChI is InChI=1S/C16H32O2.2Ca.2ClH.4H/c1-2-3-4-5-6-7-8-9-10-11-12-13-14-15-16(17)18;;;;;;;;/h2-15H2,1H3,(H,17,18);;;2*1H;;;;/q;2*+2;;;4*-1. The van der Waals surface area contributed by atoms with Crippen LogP contribution in [0.3, 0.4) is 0 Å². The predicted octanol–water partition coefficient (Wildman–Crippen LogP) is 6.08. The SMILES string of the molecule is CCCCCCCCCCCCCCCC(=O)O.Cl.Cl.[Ca+2].[Ca+2].[H-].[H-].[H-].[H-]. The average molecular weight is 414 g/mol. The number of hydrogen-bond donors (Lipinski definition) is 1. The number of halogens is 2. The summed E-state index contributed by atoms with van der Waals surface area (Å²) >= 11 is 0. The maximum atomic E-state index is 10.3. The third-order valence-corrected chi connectivity index (χ3v) is 3.49. The Hall–Kier alpha value is 2.57. The molecule has 0 saturated carbocycles. The van der Waals surface area contributed by atoms with Crippen molar-refractivity contribution in [3.8, 4) is 0 Å². The number of rotatable bonds is 14. The second-order valence-corrected chi connectivity index (χ2v) is 5.39. The molecular weight excluding hydrogens is 375 g/mol. The van der Waals surface area contributed by atoms with Gasteiger partial charge in [-0.2, -0.15) is 0 Å². The molecule has 0 bridgehead atoms. The van der Waals surface area contributed by atoms with Crippen LogP contribution in [0.25, 0.3) is 0 Å². The molecule has 0 rings (SSSR count). The molecule has 1 N–H and O–H groups in total. The van der Waals surface area contributed by atoms with Crippen molar-refractivity contribution >= 4 is 106 Å². The zero-order valence-corrected chi connectivity index (χ0v) is 20.5. The molecule has 0 unspecified atom stereocenters. The number of aliphatic carboxylic acids is 1. The summed E-state index contributed by atoms with van der Waals surface area (Å²) in [5.74, 6) is -0.655. The van der Waals surface area contributed by atoms with Crippen LogP contribution in [0.4, 0.5) is 0 Å². The first-order valence-electron chi connectivity index (χ1n) is 7.99. The molecule has 0 aromatic carbocycles. The fourth-order valence-electron chi connectivity index (χ4n) is 2.29. The van der Waals surface area contributed by atoms with Crippen molar-refractivity contribution in [3.63, 3.8) is 0 Å². The van der Waals surface area contributed by atoms with E-state index in [9.17, 15) is 4.79 Å². The fourth-order valence-corrected chi connectivity index (χ4v) is 2.29. The van der Waals surface area contributed by atoms with E-state index in [1.54, 1.807) is 0 Å². The van der Waals surface area contributed by atoms with Crippen LogP contribution in [0, 0.1) is 0 Å². The van der Waals surface area contributed by atoms with E-state index in [0.717, 1.165) is 12.8 Å². The molecule has 0 atom stereocenters. The van der Waals surface area contributed by atoms with E-state index in [-0.39, 0.29) is 106 Å². The summed E-state index contributed by atoms with van der Waals surface area (Å²) in [6.45, 7) is 2.26. The van der Waals surface area contributed by atoms with Crippen molar-refractivity contribution in [1.29, 1.82) is 0 Å². The number of carbonyl (C=O) groups is 1. The van der Waals surface area contributed by atoms with Gasteiger partial charge in [-0.25, -0.2) is 0 Å². The van der Waals surface area contributed by atoms with Gasteiger partial charge in [-0.1, -0.05) is 84.0 Å². The van der Waals surface area contributed by atoms with E-state index in [2.05, 4.69) is 6.92 Å². The van der Waals surface area contributed by atoms with E-state index >= 15 is 0 Å². The summed E-state index contributed by atoms with van der Waals surface area (Å²) in [7, 11) is 0. The third-order valence-electron chi connectivity index (χ3n) is 3.49. The van der Waals surface area contributed by atoms with Gasteiger partial charge in [0.25, 0.3) is 0 Å². The molecule has 0 radical (unpaired) electrons. The number of hydrogen-bond acceptors (Lipinski definition) is 1. The van der Waals surface area contributed by atoms with Gasteiger partial charge in [-0.15, -0.1) is 24.8 Å². The molecule has 0 heterocycles. The van der Waals surface area contributed by atoms with Crippen LogP contribution in [-0.2, 0) is 4.79 Å². The fraction of sp³-hybridized carbons (Fsp3) is 0.938. The molecule has 6 heteroatoms. The van der Waals surface area contributed by atoms with Gasteiger partial charge in [-0.3, -0.25) is 4.79 Å². The van der Waals surface area contributed by atoms with Crippen molar-refractivity contribution in [2.45, 2.75) is 96.8 Å². The zero-order valence-electron chi connectivity index (χ0n) is 18.5. The Morgan fingerprint density at radius 2 is 0.955 bits per heavy atom. The second kappa shape index (κ2) is 31.3. The van der Waals surface area contributed by atoms with Gasteiger partial charge in [0.05, 0.1) is 0 Å². The predicted molar refractivity (Wildman–Crippen MR) is 108 cm³/mol. The summed E-state index contributed by atoms with van der Waals surface area (Å²) in [6.07, 6.45) is 17.3. The number of carboxylic acid groups (broad SMARTS) is 1. The summed E-state index contributed by atoms with van der Waals surface area (Å²) in [5, 5.41) is 8.49. The van der Waals surface area contributed by atoms with E-state index in [1.165, 1.54) is 70.6 Å². The minimum atomic E-state index is -0.655. The van der Waals surface area contributed by atoms with Gasteiger partial charge in [-0.05, 0) is 6.42 Å². The van der Waals surface area contributed by atoms with Crippen molar-refractivity contribution < 1.29 is 15.6 Å². The van der Waals surface area contributed by atoms with E-state index in [1.807, 2.05) is 0 Å². The van der Waals surface area contributed by atoms with Crippen molar-refractivity contribution in [2.24, 2.45) is 0 Å². The summed E-state index contributed by atoms with van der Waals surface area (Å²) < 4.78 is 0.